The third kappa shape index (κ3) is 10.7. The van der Waals surface area contributed by atoms with Gasteiger partial charge < -0.3 is 24.1 Å². The summed E-state index contributed by atoms with van der Waals surface area (Å²) in [6.07, 6.45) is 4.95. The molecule has 0 spiro atoms. The van der Waals surface area contributed by atoms with Gasteiger partial charge in [-0.1, -0.05) is 5.92 Å². The predicted octanol–water partition coefficient (Wildman–Crippen LogP) is -0.150. The van der Waals surface area contributed by atoms with Crippen molar-refractivity contribution in [2.45, 2.75) is 13.3 Å². The molecule has 1 atom stereocenters. The Morgan fingerprint density at radius 1 is 1.14 bits per heavy atom. The summed E-state index contributed by atoms with van der Waals surface area (Å²) in [5, 5.41) is 8.98. The van der Waals surface area contributed by atoms with Gasteiger partial charge in [0.15, 0.2) is 6.61 Å². The summed E-state index contributed by atoms with van der Waals surface area (Å²) < 4.78 is 19.3. The lowest BCUT2D eigenvalue weighted by molar-refractivity contribution is -0.154. The van der Waals surface area contributed by atoms with E-state index in [2.05, 4.69) is 10.7 Å². The van der Waals surface area contributed by atoms with E-state index in [1.807, 2.05) is 0 Å². The number of hydrogen-bond acceptors (Lipinski definition) is 7. The van der Waals surface area contributed by atoms with Crippen LogP contribution < -0.4 is 0 Å². The highest BCUT2D eigenvalue weighted by atomic mass is 16.6. The maximum absolute atomic E-state index is 11.1. The third-order valence-electron chi connectivity index (χ3n) is 2.28. The first-order valence-electron chi connectivity index (χ1n) is 6.64. The molecule has 0 radical (unpaired) electrons. The molecule has 1 N–H and O–H groups in total. The van der Waals surface area contributed by atoms with Crippen molar-refractivity contribution >= 4 is 17.9 Å². The van der Waals surface area contributed by atoms with Crippen molar-refractivity contribution in [2.24, 2.45) is 5.92 Å². The van der Waals surface area contributed by atoms with Gasteiger partial charge in [0.05, 0.1) is 32.8 Å². The smallest absolute Gasteiger partial charge is 0.333 e. The van der Waals surface area contributed by atoms with Crippen LogP contribution in [0.3, 0.4) is 0 Å². The average Bonchev–Trinajstić information content (AvgIpc) is 2.47. The fraction of sp³-hybridized carbons (Fsp3) is 0.643. The van der Waals surface area contributed by atoms with Crippen LogP contribution in [0.1, 0.15) is 13.3 Å². The van der Waals surface area contributed by atoms with Crippen molar-refractivity contribution < 1.29 is 38.4 Å². The molecule has 0 aromatic heterocycles. The van der Waals surface area contributed by atoms with Gasteiger partial charge in [-0.15, -0.1) is 6.42 Å². The van der Waals surface area contributed by atoms with Crippen LogP contribution in [0.5, 0.6) is 0 Å². The van der Waals surface area contributed by atoms with Gasteiger partial charge in [0.1, 0.15) is 12.5 Å². The van der Waals surface area contributed by atoms with Crippen LogP contribution in [0.4, 0.5) is 0 Å². The lowest BCUT2D eigenvalue weighted by atomic mass is 10.2. The highest BCUT2D eigenvalue weighted by Crippen LogP contribution is 2.01. The first kappa shape index (κ1) is 19.9. The highest BCUT2D eigenvalue weighted by Gasteiger charge is 2.19. The molecule has 0 saturated carbocycles. The van der Waals surface area contributed by atoms with Gasteiger partial charge in [-0.05, 0) is 6.92 Å². The molecule has 0 fully saturated rings. The molecule has 0 aromatic carbocycles. The molecule has 124 valence electrons. The molecule has 1 unspecified atom stereocenters. The standard InChI is InChI=1S/C14H20O8/c1-3-6-22-13(16)10-20-9-11(14(17)18)8-19-7-5-12(15)21-4-2/h1,11H,4-10H2,2H3,(H,17,18). The second-order valence-corrected chi connectivity index (χ2v) is 4.05. The Labute approximate surface area is 128 Å². The number of hydrogen-bond donors (Lipinski definition) is 1. The van der Waals surface area contributed by atoms with Crippen LogP contribution in [0.15, 0.2) is 0 Å². The van der Waals surface area contributed by atoms with E-state index in [0.29, 0.717) is 0 Å². The summed E-state index contributed by atoms with van der Waals surface area (Å²) in [6.45, 7) is 1.09. The van der Waals surface area contributed by atoms with E-state index in [1.165, 1.54) is 0 Å². The van der Waals surface area contributed by atoms with Gasteiger partial charge in [-0.2, -0.15) is 0 Å². The van der Waals surface area contributed by atoms with Crippen LogP contribution >= 0.6 is 0 Å². The molecule has 0 aromatic rings. The third-order valence-corrected chi connectivity index (χ3v) is 2.28. The predicted molar refractivity (Wildman–Crippen MR) is 73.8 cm³/mol. The summed E-state index contributed by atoms with van der Waals surface area (Å²) in [6, 6.07) is 0. The highest BCUT2D eigenvalue weighted by molar-refractivity contribution is 5.71. The van der Waals surface area contributed by atoms with Crippen molar-refractivity contribution in [3.05, 3.63) is 0 Å². The van der Waals surface area contributed by atoms with Crippen LogP contribution in [0, 0.1) is 18.3 Å². The number of esters is 2. The molecular weight excluding hydrogens is 296 g/mol. The molecule has 0 bridgehead atoms. The Morgan fingerprint density at radius 3 is 2.41 bits per heavy atom. The SMILES string of the molecule is C#CCOC(=O)COCC(COCCC(=O)OCC)C(=O)O. The van der Waals surface area contributed by atoms with Crippen LogP contribution in [0.25, 0.3) is 0 Å². The number of carboxylic acids is 1. The minimum atomic E-state index is -1.13. The number of carboxylic acid groups (broad SMARTS) is 1. The average molecular weight is 316 g/mol. The molecule has 0 heterocycles. The molecule has 0 aliphatic heterocycles. The zero-order valence-electron chi connectivity index (χ0n) is 12.4. The molecule has 22 heavy (non-hydrogen) atoms. The maximum Gasteiger partial charge on any atom is 0.333 e. The molecule has 0 aliphatic carbocycles. The number of carbonyl (C=O) groups is 3. The maximum atomic E-state index is 11.1. The fourth-order valence-electron chi connectivity index (χ4n) is 1.25. The minimum absolute atomic E-state index is 0.0411. The summed E-state index contributed by atoms with van der Waals surface area (Å²) in [5.74, 6) is -1.06. The van der Waals surface area contributed by atoms with Crippen molar-refractivity contribution in [3.63, 3.8) is 0 Å². The normalized spacial score (nSPS) is 11.3. The van der Waals surface area contributed by atoms with E-state index in [9.17, 15) is 14.4 Å². The van der Waals surface area contributed by atoms with Gasteiger partial charge in [-0.25, -0.2) is 4.79 Å². The van der Waals surface area contributed by atoms with Crippen LogP contribution in [0.2, 0.25) is 0 Å². The van der Waals surface area contributed by atoms with E-state index < -0.39 is 30.4 Å². The Kier molecular flexibility index (Phi) is 11.4. The van der Waals surface area contributed by atoms with E-state index in [-0.39, 0.29) is 39.5 Å². The zero-order valence-corrected chi connectivity index (χ0v) is 12.4. The van der Waals surface area contributed by atoms with Gasteiger partial charge in [-0.3, -0.25) is 9.59 Å². The Bertz CT molecular complexity index is 398. The van der Waals surface area contributed by atoms with Crippen molar-refractivity contribution in [2.75, 3.05) is 39.6 Å². The van der Waals surface area contributed by atoms with E-state index >= 15 is 0 Å². The number of ether oxygens (including phenoxy) is 4. The van der Waals surface area contributed by atoms with E-state index in [1.54, 1.807) is 6.92 Å². The fourth-order valence-corrected chi connectivity index (χ4v) is 1.25. The number of rotatable bonds is 12. The number of terminal acetylenes is 1. The second-order valence-electron chi connectivity index (χ2n) is 4.05. The lowest BCUT2D eigenvalue weighted by Crippen LogP contribution is -2.27. The first-order valence-corrected chi connectivity index (χ1v) is 6.64. The molecule has 8 heteroatoms. The minimum Gasteiger partial charge on any atom is -0.481 e. The van der Waals surface area contributed by atoms with Crippen molar-refractivity contribution in [1.82, 2.24) is 0 Å². The molecule has 0 rings (SSSR count). The Balaban J connectivity index is 3.88. The van der Waals surface area contributed by atoms with E-state index in [0.717, 1.165) is 0 Å². The van der Waals surface area contributed by atoms with Crippen molar-refractivity contribution in [1.29, 1.82) is 0 Å². The monoisotopic (exact) mass is 316 g/mol. The summed E-state index contributed by atoms with van der Waals surface area (Å²) in [7, 11) is 0. The molecule has 0 aliphatic rings. The summed E-state index contributed by atoms with van der Waals surface area (Å²) >= 11 is 0. The Morgan fingerprint density at radius 2 is 1.82 bits per heavy atom. The van der Waals surface area contributed by atoms with Gasteiger partial charge >= 0.3 is 17.9 Å². The van der Waals surface area contributed by atoms with Crippen LogP contribution in [-0.4, -0.2) is 62.7 Å². The molecule has 8 nitrogen and oxygen atoms in total. The van der Waals surface area contributed by atoms with Gasteiger partial charge in [0, 0.05) is 0 Å². The van der Waals surface area contributed by atoms with Gasteiger partial charge in [0.2, 0.25) is 0 Å². The van der Waals surface area contributed by atoms with Crippen LogP contribution in [-0.2, 0) is 33.3 Å². The van der Waals surface area contributed by atoms with E-state index in [4.69, 9.17) is 25.7 Å². The van der Waals surface area contributed by atoms with Gasteiger partial charge in [0.25, 0.3) is 0 Å². The first-order chi connectivity index (χ1) is 10.5. The molecular formula is C14H20O8. The van der Waals surface area contributed by atoms with Crippen molar-refractivity contribution in [3.8, 4) is 12.3 Å². The summed E-state index contributed by atoms with van der Waals surface area (Å²) in [5.41, 5.74) is 0. The topological polar surface area (TPSA) is 108 Å². The quantitative estimate of drug-likeness (QED) is 0.301. The number of aliphatic carboxylic acids is 1. The second kappa shape index (κ2) is 12.6. The summed E-state index contributed by atoms with van der Waals surface area (Å²) in [4.78, 5) is 33.1. The molecule has 0 saturated heterocycles. The Hall–Kier alpha value is -2.11. The largest absolute Gasteiger partial charge is 0.481 e. The zero-order chi connectivity index (χ0) is 16.8. The molecule has 0 amide bonds. The lowest BCUT2D eigenvalue weighted by Gasteiger charge is -2.12. The number of carbonyl (C=O) groups excluding carboxylic acids is 2.